The second-order valence-electron chi connectivity index (χ2n) is 18.3. The van der Waals surface area contributed by atoms with E-state index in [4.69, 9.17) is 5.73 Å². The Bertz CT molecular complexity index is 2190. The number of carboxylic acid groups (broad SMARTS) is 1. The molecule has 0 spiro atoms. The van der Waals surface area contributed by atoms with E-state index in [1.165, 1.54) is 6.92 Å². The molecule has 1 aromatic heterocycles. The molecule has 0 fully saturated rings. The number of halogens is 2. The molecule has 2 unspecified atom stereocenters. The van der Waals surface area contributed by atoms with Gasteiger partial charge in [0.15, 0.2) is 16.3 Å². The number of amides is 5. The number of carbonyl (C=O) groups is 6. The number of primary amides is 1. The van der Waals surface area contributed by atoms with Crippen molar-refractivity contribution in [1.82, 2.24) is 36.1 Å². The molecule has 2 radical (unpaired) electrons. The molecule has 0 bridgehead atoms. The van der Waals surface area contributed by atoms with Gasteiger partial charge in [-0.1, -0.05) is 65.0 Å². The lowest BCUT2D eigenvalue weighted by Gasteiger charge is -2.43. The highest BCUT2D eigenvalue weighted by atomic mass is 27.0. The van der Waals surface area contributed by atoms with Crippen LogP contribution in [0.2, 0.25) is 0 Å². The van der Waals surface area contributed by atoms with Gasteiger partial charge in [-0.05, 0) is 78.8 Å². The molecule has 0 saturated heterocycles. The molecule has 6 atom stereocenters. The number of rotatable bonds is 29. The van der Waals surface area contributed by atoms with Gasteiger partial charge in [0.25, 0.3) is 0 Å². The first-order valence-electron chi connectivity index (χ1n) is 23.1. The number of nitrogens with one attached hydrogen (secondary N) is 5. The van der Waals surface area contributed by atoms with Crippen LogP contribution in [-0.4, -0.2) is 136 Å². The molecule has 378 valence electrons. The standard InChI is InChI=1S/C48H69F2N8O10.Al/c1-7-33(8-2)54-41(62)17-12-16-40(61)53-29(3)45(66)55-37(25-43(64)65)47(68)56-36(24-39(51)60)46(67)52-20-13-21-58(42(63)28-59)44(48(4,5)6)38-22-31(34-23-32(49)18-19-35(34)50)27-57(38)26-30-14-10-9-11-15-30;/h9-11,14-15,18-19,22-23,27,29,36-37,42,44,46,52,59,63,67H,7-8,12-13,16-17,20-21,24-26,28H2,1-6H3,(H2,51,60)(H,53,61)(H,54,62)(H,55,66)(H,56,68)(H,64,65);/t29-,36-,37-,42?,44-,46?;/m0./s1. The SMILES string of the molecule is CC[C]([Al])(CC)NC(=O)CCCC(=O)N[C@@H](C)C(=O)N[C@@H](CC(=O)O)C(=O)N[C@@H](CC(N)=O)C(O)NCCCN(C(O)CO)[C@@H](c1cc(-c2cc(F)ccc2F)cn1Cc1ccccc1)C(C)(C)C. The minimum Gasteiger partial charge on any atom is -0.481 e. The van der Waals surface area contributed by atoms with Crippen LogP contribution in [0.1, 0.15) is 110 Å². The summed E-state index contributed by atoms with van der Waals surface area (Å²) in [4.78, 5) is 77.1. The summed E-state index contributed by atoms with van der Waals surface area (Å²) in [7, 11) is 0. The minimum atomic E-state index is -1.72. The highest BCUT2D eigenvalue weighted by Gasteiger charge is 2.38. The summed E-state index contributed by atoms with van der Waals surface area (Å²) in [5.74, 6) is -6.44. The summed E-state index contributed by atoms with van der Waals surface area (Å²) >= 11 is 2.62. The first-order valence-corrected chi connectivity index (χ1v) is 23.6. The van der Waals surface area contributed by atoms with E-state index in [2.05, 4.69) is 42.9 Å². The fourth-order valence-electron chi connectivity index (χ4n) is 7.84. The average molecular weight is 983 g/mol. The molecule has 69 heavy (non-hydrogen) atoms. The summed E-state index contributed by atoms with van der Waals surface area (Å²) in [5, 5.41) is 55.3. The molecule has 5 amide bonds. The fraction of sp³-hybridized carbons (Fsp3) is 0.542. The molecule has 21 heteroatoms. The molecule has 0 aliphatic rings. The number of hydrogen-bond acceptors (Lipinski definition) is 11. The maximum absolute atomic E-state index is 15.2. The van der Waals surface area contributed by atoms with Crippen LogP contribution in [0.15, 0.2) is 60.8 Å². The second-order valence-corrected chi connectivity index (χ2v) is 19.4. The van der Waals surface area contributed by atoms with Crippen LogP contribution in [0.4, 0.5) is 8.78 Å². The highest BCUT2D eigenvalue weighted by molar-refractivity contribution is 6.16. The van der Waals surface area contributed by atoms with Crippen LogP contribution >= 0.6 is 0 Å². The molecule has 0 saturated carbocycles. The largest absolute Gasteiger partial charge is 0.481 e. The van der Waals surface area contributed by atoms with Gasteiger partial charge in [-0.15, -0.1) is 0 Å². The van der Waals surface area contributed by atoms with Crippen LogP contribution in [-0.2, 0) is 35.3 Å². The van der Waals surface area contributed by atoms with Crippen LogP contribution in [0.25, 0.3) is 11.1 Å². The van der Waals surface area contributed by atoms with Gasteiger partial charge in [-0.25, -0.2) is 8.78 Å². The fourth-order valence-corrected chi connectivity index (χ4v) is 8.00. The van der Waals surface area contributed by atoms with Gasteiger partial charge in [0.2, 0.25) is 29.5 Å². The first kappa shape index (κ1) is 58.0. The number of carbonyl (C=O) groups excluding carboxylic acids is 5. The van der Waals surface area contributed by atoms with E-state index >= 15 is 4.39 Å². The summed E-state index contributed by atoms with van der Waals surface area (Å²) < 4.78 is 31.0. The quantitative estimate of drug-likeness (QED) is 0.0273. The molecular weight excluding hydrogens is 914 g/mol. The number of aliphatic carboxylic acids is 1. The van der Waals surface area contributed by atoms with Gasteiger partial charge in [0.1, 0.15) is 36.2 Å². The number of nitrogens with zero attached hydrogens (tertiary/aromatic N) is 2. The Morgan fingerprint density at radius 1 is 0.870 bits per heavy atom. The van der Waals surface area contributed by atoms with Crippen LogP contribution in [0.5, 0.6) is 0 Å². The van der Waals surface area contributed by atoms with E-state index in [1.54, 1.807) is 17.2 Å². The monoisotopic (exact) mass is 982 g/mol. The van der Waals surface area contributed by atoms with Crippen molar-refractivity contribution in [1.29, 1.82) is 0 Å². The van der Waals surface area contributed by atoms with Crippen molar-refractivity contribution >= 4 is 51.8 Å². The third-order valence-corrected chi connectivity index (χ3v) is 12.6. The van der Waals surface area contributed by atoms with Crippen molar-refractivity contribution in [3.8, 4) is 11.1 Å². The summed E-state index contributed by atoms with van der Waals surface area (Å²) in [6.07, 6.45) is -1.13. The number of carboxylic acids is 1. The molecular formula is C48H69AlF2N8O10. The minimum absolute atomic E-state index is 0.00427. The van der Waals surface area contributed by atoms with Gasteiger partial charge >= 0.3 is 5.97 Å². The zero-order valence-electron chi connectivity index (χ0n) is 40.3. The maximum Gasteiger partial charge on any atom is 0.305 e. The molecule has 2 aromatic carbocycles. The lowest BCUT2D eigenvalue weighted by atomic mass is 9.82. The van der Waals surface area contributed by atoms with Gasteiger partial charge in [0.05, 0.1) is 31.5 Å². The Labute approximate surface area is 410 Å². The van der Waals surface area contributed by atoms with E-state index in [1.807, 2.05) is 69.5 Å². The van der Waals surface area contributed by atoms with E-state index in [9.17, 15) is 53.6 Å². The zero-order valence-corrected chi connectivity index (χ0v) is 41.4. The lowest BCUT2D eigenvalue weighted by molar-refractivity contribution is -0.141. The zero-order chi connectivity index (χ0) is 51.6. The lowest BCUT2D eigenvalue weighted by Crippen LogP contribution is -2.58. The predicted octanol–water partition coefficient (Wildman–Crippen LogP) is 2.28. The van der Waals surface area contributed by atoms with Crippen LogP contribution in [0, 0.1) is 17.0 Å². The van der Waals surface area contributed by atoms with Crippen molar-refractivity contribution in [2.75, 3.05) is 19.7 Å². The number of aliphatic hydroxyl groups is 3. The van der Waals surface area contributed by atoms with Crippen molar-refractivity contribution in [3.63, 3.8) is 0 Å². The van der Waals surface area contributed by atoms with Gasteiger partial charge < -0.3 is 52.0 Å². The summed E-state index contributed by atoms with van der Waals surface area (Å²) in [6.45, 7) is 10.7. The number of aromatic nitrogens is 1. The molecule has 3 aromatic rings. The number of hydrogen-bond donors (Lipinski definition) is 10. The smallest absolute Gasteiger partial charge is 0.305 e. The van der Waals surface area contributed by atoms with E-state index in [0.717, 1.165) is 23.8 Å². The topological polar surface area (TPSA) is 278 Å². The van der Waals surface area contributed by atoms with Gasteiger partial charge in [0, 0.05) is 48.9 Å². The number of nitrogens with two attached hydrogens (primary N) is 1. The Hall–Kier alpha value is -5.27. The molecule has 1 heterocycles. The molecule has 18 nitrogen and oxygen atoms in total. The third kappa shape index (κ3) is 18.5. The maximum atomic E-state index is 15.2. The summed E-state index contributed by atoms with van der Waals surface area (Å²) in [6, 6.07) is 9.32. The Kier molecular flexibility index (Phi) is 22.9. The predicted molar refractivity (Wildman–Crippen MR) is 255 cm³/mol. The molecule has 0 aliphatic carbocycles. The van der Waals surface area contributed by atoms with Crippen molar-refractivity contribution in [2.24, 2.45) is 11.1 Å². The van der Waals surface area contributed by atoms with E-state index in [0.29, 0.717) is 30.6 Å². The van der Waals surface area contributed by atoms with Crippen molar-refractivity contribution < 1.29 is 58.0 Å². The van der Waals surface area contributed by atoms with E-state index in [-0.39, 0.29) is 50.2 Å². The Morgan fingerprint density at radius 3 is 2.12 bits per heavy atom. The first-order chi connectivity index (χ1) is 32.4. The van der Waals surface area contributed by atoms with Gasteiger partial charge in [-0.3, -0.25) is 39.0 Å². The second kappa shape index (κ2) is 27.2. The number of benzene rings is 2. The van der Waals surface area contributed by atoms with Crippen molar-refractivity contribution in [2.45, 2.75) is 140 Å². The van der Waals surface area contributed by atoms with Crippen molar-refractivity contribution in [3.05, 3.63) is 83.7 Å². The number of aliphatic hydroxyl groups excluding tert-OH is 3. The average Bonchev–Trinajstić information content (AvgIpc) is 3.68. The molecule has 0 aliphatic heterocycles. The Morgan fingerprint density at radius 2 is 1.52 bits per heavy atom. The molecule has 11 N–H and O–H groups in total. The third-order valence-electron chi connectivity index (χ3n) is 11.7. The van der Waals surface area contributed by atoms with Crippen LogP contribution < -0.4 is 32.3 Å². The highest BCUT2D eigenvalue weighted by Crippen LogP contribution is 2.41. The van der Waals surface area contributed by atoms with Crippen LogP contribution in [0.3, 0.4) is 0 Å². The molecule has 3 rings (SSSR count). The Balaban J connectivity index is 1.74. The summed E-state index contributed by atoms with van der Waals surface area (Å²) in [5.41, 5.74) is 6.75. The van der Waals surface area contributed by atoms with Gasteiger partial charge in [-0.2, -0.15) is 0 Å². The normalized spacial score (nSPS) is 14.5. The van der Waals surface area contributed by atoms with E-state index < -0.39 is 107 Å².